The molecule has 1 aromatic carbocycles. The van der Waals surface area contributed by atoms with E-state index < -0.39 is 17.5 Å². The molecular weight excluding hydrogens is 229 g/mol. The smallest absolute Gasteiger partial charge is 0.448 e. The molecular formula is C13H15F3O. The second kappa shape index (κ2) is 4.82. The van der Waals surface area contributed by atoms with E-state index in [4.69, 9.17) is 4.74 Å². The van der Waals surface area contributed by atoms with Crippen molar-refractivity contribution in [3.8, 4) is 0 Å². The van der Waals surface area contributed by atoms with Crippen molar-refractivity contribution in [2.45, 2.75) is 32.5 Å². The van der Waals surface area contributed by atoms with Crippen molar-refractivity contribution >= 4 is 6.08 Å². The third-order valence-electron chi connectivity index (χ3n) is 1.79. The van der Waals surface area contributed by atoms with Crippen LogP contribution >= 0.6 is 0 Å². The Bertz CT molecular complexity index is 385. The van der Waals surface area contributed by atoms with Gasteiger partial charge in [-0.2, -0.15) is 13.2 Å². The number of alkyl halides is 3. The van der Waals surface area contributed by atoms with Crippen molar-refractivity contribution in [1.29, 1.82) is 0 Å². The van der Waals surface area contributed by atoms with Crippen molar-refractivity contribution < 1.29 is 17.9 Å². The fourth-order valence-corrected chi connectivity index (χ4v) is 1.20. The van der Waals surface area contributed by atoms with Crippen LogP contribution in [-0.4, -0.2) is 11.8 Å². The highest BCUT2D eigenvalue weighted by atomic mass is 19.4. The Morgan fingerprint density at radius 3 is 2.00 bits per heavy atom. The van der Waals surface area contributed by atoms with E-state index in [2.05, 4.69) is 0 Å². The van der Waals surface area contributed by atoms with E-state index in [0.717, 1.165) is 6.08 Å². The van der Waals surface area contributed by atoms with Gasteiger partial charge in [0.25, 0.3) is 0 Å². The summed E-state index contributed by atoms with van der Waals surface area (Å²) >= 11 is 0. The van der Waals surface area contributed by atoms with E-state index in [1.54, 1.807) is 51.1 Å². The summed E-state index contributed by atoms with van der Waals surface area (Å²) in [7, 11) is 0. The van der Waals surface area contributed by atoms with Crippen LogP contribution in [0.15, 0.2) is 36.1 Å². The molecule has 4 heteroatoms. The highest BCUT2D eigenvalue weighted by Gasteiger charge is 2.38. The Kier molecular flexibility index (Phi) is 3.86. The highest BCUT2D eigenvalue weighted by Crippen LogP contribution is 2.31. The van der Waals surface area contributed by atoms with Gasteiger partial charge in [-0.25, -0.2) is 0 Å². The van der Waals surface area contributed by atoms with Gasteiger partial charge < -0.3 is 4.74 Å². The van der Waals surface area contributed by atoms with Gasteiger partial charge in [-0.3, -0.25) is 0 Å². The molecule has 0 aliphatic rings. The lowest BCUT2D eigenvalue weighted by Crippen LogP contribution is -2.25. The number of hydrogen-bond acceptors (Lipinski definition) is 1. The third-order valence-corrected chi connectivity index (χ3v) is 1.79. The Morgan fingerprint density at radius 2 is 1.59 bits per heavy atom. The molecule has 0 heterocycles. The summed E-state index contributed by atoms with van der Waals surface area (Å²) in [5.41, 5.74) is -0.417. The first-order valence-corrected chi connectivity index (χ1v) is 5.21. The van der Waals surface area contributed by atoms with Crippen molar-refractivity contribution in [3.05, 3.63) is 41.7 Å². The minimum absolute atomic E-state index is 0.462. The number of hydrogen-bond donors (Lipinski definition) is 0. The first-order chi connectivity index (χ1) is 7.68. The zero-order chi connectivity index (χ0) is 13.1. The predicted molar refractivity (Wildman–Crippen MR) is 61.3 cm³/mol. The summed E-state index contributed by atoms with van der Waals surface area (Å²) in [6.45, 7) is 4.74. The first-order valence-electron chi connectivity index (χ1n) is 5.21. The maximum atomic E-state index is 12.7. The molecule has 0 atom stereocenters. The van der Waals surface area contributed by atoms with Gasteiger partial charge in [-0.05, 0) is 32.4 Å². The molecule has 17 heavy (non-hydrogen) atoms. The average molecular weight is 244 g/mol. The number of rotatable bonds is 2. The van der Waals surface area contributed by atoms with Crippen molar-refractivity contribution in [2.75, 3.05) is 0 Å². The lowest BCUT2D eigenvalue weighted by atomic mass is 10.1. The maximum absolute atomic E-state index is 12.7. The molecule has 0 unspecified atom stereocenters. The van der Waals surface area contributed by atoms with Crippen molar-refractivity contribution in [3.63, 3.8) is 0 Å². The zero-order valence-electron chi connectivity index (χ0n) is 10.0. The van der Waals surface area contributed by atoms with Gasteiger partial charge in [0, 0.05) is 0 Å². The normalized spacial score (nSPS) is 13.6. The molecule has 1 nitrogen and oxygen atoms in total. The van der Waals surface area contributed by atoms with E-state index in [9.17, 15) is 13.2 Å². The van der Waals surface area contributed by atoms with Crippen LogP contribution in [0.5, 0.6) is 0 Å². The fraction of sp³-hybridized carbons (Fsp3) is 0.385. The van der Waals surface area contributed by atoms with E-state index >= 15 is 0 Å². The van der Waals surface area contributed by atoms with Crippen LogP contribution in [0.1, 0.15) is 26.3 Å². The van der Waals surface area contributed by atoms with Crippen LogP contribution < -0.4 is 0 Å². The van der Waals surface area contributed by atoms with Gasteiger partial charge in [-0.15, -0.1) is 0 Å². The Labute approximate surface area is 98.9 Å². The standard InChI is InChI=1S/C13H15F3O/c1-12(2,3)17-11(13(14,15)16)9-10-7-5-4-6-8-10/h4-9H,1-3H3. The first kappa shape index (κ1) is 13.6. The van der Waals surface area contributed by atoms with E-state index in [1.807, 2.05) is 0 Å². The summed E-state index contributed by atoms with van der Waals surface area (Å²) in [6.07, 6.45) is -3.48. The molecule has 0 spiro atoms. The topological polar surface area (TPSA) is 9.23 Å². The average Bonchev–Trinajstić information content (AvgIpc) is 2.15. The maximum Gasteiger partial charge on any atom is 0.448 e. The van der Waals surface area contributed by atoms with Crippen LogP contribution in [0.2, 0.25) is 0 Å². The molecule has 1 aromatic rings. The molecule has 0 aliphatic carbocycles. The Balaban J connectivity index is 3.04. The summed E-state index contributed by atoms with van der Waals surface area (Å²) in [4.78, 5) is 0. The summed E-state index contributed by atoms with van der Waals surface area (Å²) in [6, 6.07) is 8.29. The van der Waals surface area contributed by atoms with E-state index in [0.29, 0.717) is 5.56 Å². The number of benzene rings is 1. The van der Waals surface area contributed by atoms with Crippen LogP contribution in [0.25, 0.3) is 6.08 Å². The summed E-state index contributed by atoms with van der Waals surface area (Å²) in [5, 5.41) is 0. The molecule has 0 fully saturated rings. The molecule has 0 saturated carbocycles. The molecule has 1 rings (SSSR count). The third kappa shape index (κ3) is 4.93. The number of ether oxygens (including phenoxy) is 1. The second-order valence-corrected chi connectivity index (χ2v) is 4.63. The molecule has 94 valence electrons. The lowest BCUT2D eigenvalue weighted by Gasteiger charge is -2.24. The quantitative estimate of drug-likeness (QED) is 0.700. The van der Waals surface area contributed by atoms with Crippen LogP contribution in [0.3, 0.4) is 0 Å². The van der Waals surface area contributed by atoms with E-state index in [1.165, 1.54) is 0 Å². The van der Waals surface area contributed by atoms with Crippen molar-refractivity contribution in [1.82, 2.24) is 0 Å². The summed E-state index contributed by atoms with van der Waals surface area (Å²) in [5.74, 6) is -0.976. The largest absolute Gasteiger partial charge is 0.483 e. The van der Waals surface area contributed by atoms with Crippen LogP contribution in [0.4, 0.5) is 13.2 Å². The highest BCUT2D eigenvalue weighted by molar-refractivity contribution is 5.52. The van der Waals surface area contributed by atoms with Crippen molar-refractivity contribution in [2.24, 2.45) is 0 Å². The molecule has 0 aliphatic heterocycles. The minimum atomic E-state index is -4.48. The van der Waals surface area contributed by atoms with Gasteiger partial charge >= 0.3 is 6.18 Å². The van der Waals surface area contributed by atoms with Crippen LogP contribution in [0, 0.1) is 0 Å². The molecule has 0 radical (unpaired) electrons. The van der Waals surface area contributed by atoms with E-state index in [-0.39, 0.29) is 0 Å². The summed E-state index contributed by atoms with van der Waals surface area (Å²) < 4.78 is 43.2. The fourth-order valence-electron chi connectivity index (χ4n) is 1.20. The Hall–Kier alpha value is -1.45. The van der Waals surface area contributed by atoms with Gasteiger partial charge in [0.05, 0.1) is 0 Å². The lowest BCUT2D eigenvalue weighted by molar-refractivity contribution is -0.148. The monoisotopic (exact) mass is 244 g/mol. The zero-order valence-corrected chi connectivity index (χ0v) is 10.0. The van der Waals surface area contributed by atoms with Gasteiger partial charge in [0.15, 0.2) is 0 Å². The second-order valence-electron chi connectivity index (χ2n) is 4.63. The van der Waals surface area contributed by atoms with Gasteiger partial charge in [-0.1, -0.05) is 30.3 Å². The molecule has 0 saturated heterocycles. The van der Waals surface area contributed by atoms with Gasteiger partial charge in [0.2, 0.25) is 5.76 Å². The van der Waals surface area contributed by atoms with Gasteiger partial charge in [0.1, 0.15) is 5.60 Å². The Morgan fingerprint density at radius 1 is 1.06 bits per heavy atom. The minimum Gasteiger partial charge on any atom is -0.483 e. The number of halogens is 3. The molecule has 0 aromatic heterocycles. The molecule has 0 bridgehead atoms. The number of allylic oxidation sites excluding steroid dienone is 1. The molecule has 0 amide bonds. The van der Waals surface area contributed by atoms with Crippen LogP contribution in [-0.2, 0) is 4.74 Å². The predicted octanol–water partition coefficient (Wildman–Crippen LogP) is 4.40. The molecule has 0 N–H and O–H groups in total. The SMILES string of the molecule is CC(C)(C)OC(=Cc1ccccc1)C(F)(F)F.